The van der Waals surface area contributed by atoms with E-state index in [9.17, 15) is 8.78 Å². The minimum atomic E-state index is -6.62. The largest absolute Gasteiger partial charge is 0.387 e. The van der Waals surface area contributed by atoms with Crippen molar-refractivity contribution in [2.45, 2.75) is 21.7 Å². The average molecular weight is 941 g/mol. The molecule has 0 radical (unpaired) electrons. The molecule has 0 unspecified atom stereocenters. The van der Waals surface area contributed by atoms with Gasteiger partial charge in [-0.1, -0.05) is 121 Å². The highest BCUT2D eigenvalue weighted by Gasteiger charge is 2.81. The van der Waals surface area contributed by atoms with Crippen molar-refractivity contribution < 1.29 is 35.1 Å². The number of fused-ring (bicyclic) bond motifs is 8. The maximum atomic E-state index is 16.8. The van der Waals surface area contributed by atoms with Crippen LogP contribution < -0.4 is 0 Å². The molecule has 0 amide bonds. The Morgan fingerprint density at radius 2 is 0.738 bits per heavy atom. The highest BCUT2D eigenvalue weighted by Crippen LogP contribution is 2.59. The summed E-state index contributed by atoms with van der Waals surface area (Å²) in [5.74, 6) is -19.0. The molecule has 0 saturated heterocycles. The number of nitrogens with zero attached hydrogens (tertiary/aromatic N) is 2. The van der Waals surface area contributed by atoms with Gasteiger partial charge in [-0.25, -0.2) is 9.97 Å². The van der Waals surface area contributed by atoms with Crippen molar-refractivity contribution in [1.29, 1.82) is 0 Å². The summed E-state index contributed by atoms with van der Waals surface area (Å²) in [5, 5.41) is 0. The van der Waals surface area contributed by atoms with Gasteiger partial charge in [0.1, 0.15) is 0 Å². The van der Waals surface area contributed by atoms with Crippen LogP contribution in [0.4, 0.5) is 35.1 Å². The SMILES string of the molecule is FC(F)(I)C(F)(F)C(F)(F)C(F)(F)C1=Cc2nc1c(-c1ccccc1)c1ccc([nH]1)c(-c1ccccc1)c1nc(c(-c3ccccc3)c3ccc([nH]3)c2-c2ccccc2)C=C1. The number of hydrogen-bond acceptors (Lipinski definition) is 2. The summed E-state index contributed by atoms with van der Waals surface area (Å²) in [6.07, 6.45) is 4.33. The van der Waals surface area contributed by atoms with E-state index in [4.69, 9.17) is 4.98 Å². The Hall–Kier alpha value is -6.35. The standard InChI is InChI=1S/C48H29F8IN4/c49-45(50,46(51,52)47(53,54)48(55,56)57)32-27-39-42(30-17-9-3-10-18-30)37-24-23-35(59-37)40(28-13-5-1-6-14-28)33-21-22-34(58-33)41(29-15-7-2-8-16-29)36-25-26-38(60-36)43(44(32)61-39)31-19-11-4-12-20-31/h1-27,59-60H. The molecule has 2 aliphatic rings. The fraction of sp³-hybridized carbons (Fsp3) is 0.0833. The topological polar surface area (TPSA) is 57.4 Å². The van der Waals surface area contributed by atoms with E-state index in [2.05, 4.69) is 15.0 Å². The highest BCUT2D eigenvalue weighted by atomic mass is 127. The number of hydrogen-bond donors (Lipinski definition) is 2. The Labute approximate surface area is 356 Å². The van der Waals surface area contributed by atoms with E-state index in [0.29, 0.717) is 50.7 Å². The second-order valence-corrected chi connectivity index (χ2v) is 15.7. The second-order valence-electron chi connectivity index (χ2n) is 14.4. The van der Waals surface area contributed by atoms with Crippen LogP contribution in [0.5, 0.6) is 0 Å². The van der Waals surface area contributed by atoms with E-state index in [1.54, 1.807) is 66.7 Å². The molecule has 0 atom stereocenters. The number of aromatic amines is 2. The fourth-order valence-corrected chi connectivity index (χ4v) is 8.04. The lowest BCUT2D eigenvalue weighted by molar-refractivity contribution is -0.326. The van der Waals surface area contributed by atoms with Crippen LogP contribution in [0.25, 0.3) is 90.4 Å². The Balaban J connectivity index is 1.51. The Bertz CT molecular complexity index is 3030. The predicted octanol–water partition coefficient (Wildman–Crippen LogP) is 14.6. The number of aromatic nitrogens is 4. The van der Waals surface area contributed by atoms with Crippen LogP contribution in [0, 0.1) is 0 Å². The molecule has 4 aromatic carbocycles. The van der Waals surface area contributed by atoms with Crippen molar-refractivity contribution in [2.24, 2.45) is 0 Å². The lowest BCUT2D eigenvalue weighted by Crippen LogP contribution is -2.60. The number of rotatable bonds is 8. The molecular weight excluding hydrogens is 911 g/mol. The first-order valence-corrected chi connectivity index (χ1v) is 19.9. The van der Waals surface area contributed by atoms with E-state index in [1.807, 2.05) is 72.8 Å². The summed E-state index contributed by atoms with van der Waals surface area (Å²) in [6.45, 7) is 0. The maximum absolute atomic E-state index is 16.8. The van der Waals surface area contributed by atoms with E-state index in [0.717, 1.165) is 11.1 Å². The van der Waals surface area contributed by atoms with Gasteiger partial charge in [0.25, 0.3) is 0 Å². The quantitative estimate of drug-likeness (QED) is 0.0906. The van der Waals surface area contributed by atoms with Gasteiger partial charge in [0.15, 0.2) is 0 Å². The van der Waals surface area contributed by atoms with E-state index in [-0.39, 0.29) is 50.5 Å². The van der Waals surface area contributed by atoms with Gasteiger partial charge >= 0.3 is 21.7 Å². The van der Waals surface area contributed by atoms with Gasteiger partial charge < -0.3 is 9.97 Å². The molecule has 9 rings (SSSR count). The van der Waals surface area contributed by atoms with Crippen molar-refractivity contribution in [1.82, 2.24) is 19.9 Å². The van der Waals surface area contributed by atoms with Crippen molar-refractivity contribution in [3.05, 3.63) is 168 Å². The van der Waals surface area contributed by atoms with Gasteiger partial charge in [-0.05, 0) is 64.7 Å². The number of H-pyrrole nitrogens is 2. The average Bonchev–Trinajstić information content (AvgIpc) is 4.09. The number of alkyl halides is 9. The molecular formula is C48H29F8IN4. The summed E-state index contributed by atoms with van der Waals surface area (Å²) in [6, 6.07) is 41.4. The van der Waals surface area contributed by atoms with Crippen LogP contribution in [-0.2, 0) is 0 Å². The van der Waals surface area contributed by atoms with Gasteiger partial charge in [-0.15, -0.1) is 0 Å². The van der Waals surface area contributed by atoms with Gasteiger partial charge in [0.2, 0.25) is 0 Å². The molecule has 2 N–H and O–H groups in total. The minimum Gasteiger partial charge on any atom is -0.354 e. The molecule has 13 heteroatoms. The van der Waals surface area contributed by atoms with Crippen molar-refractivity contribution in [2.75, 3.05) is 0 Å². The molecule has 0 fully saturated rings. The Morgan fingerprint density at radius 3 is 1.11 bits per heavy atom. The van der Waals surface area contributed by atoms with E-state index >= 15 is 26.3 Å². The number of halogens is 9. The maximum Gasteiger partial charge on any atom is 0.387 e. The summed E-state index contributed by atoms with van der Waals surface area (Å²) in [7, 11) is 0. The lowest BCUT2D eigenvalue weighted by atomic mass is 9.91. The highest BCUT2D eigenvalue weighted by molar-refractivity contribution is 14.1. The second kappa shape index (κ2) is 15.0. The molecule has 0 aliphatic carbocycles. The Kier molecular flexibility index (Phi) is 9.84. The summed E-state index contributed by atoms with van der Waals surface area (Å²) >= 11 is -0.234. The zero-order valence-corrected chi connectivity index (χ0v) is 33.5. The molecule has 304 valence electrons. The normalized spacial score (nSPS) is 13.4. The smallest absolute Gasteiger partial charge is 0.354 e. The number of benzene rings is 4. The summed E-state index contributed by atoms with van der Waals surface area (Å²) < 4.78 is 119. The van der Waals surface area contributed by atoms with E-state index < -0.39 is 33.0 Å². The van der Waals surface area contributed by atoms with Crippen LogP contribution >= 0.6 is 22.6 Å². The van der Waals surface area contributed by atoms with Crippen molar-refractivity contribution in [3.8, 4) is 44.5 Å². The molecule has 8 bridgehead atoms. The van der Waals surface area contributed by atoms with Crippen LogP contribution in [-0.4, -0.2) is 41.6 Å². The van der Waals surface area contributed by atoms with Gasteiger partial charge in [0.05, 0.1) is 28.3 Å². The van der Waals surface area contributed by atoms with Crippen LogP contribution in [0.1, 0.15) is 22.8 Å². The van der Waals surface area contributed by atoms with Gasteiger partial charge in [-0.2, -0.15) is 35.1 Å². The van der Waals surface area contributed by atoms with Crippen LogP contribution in [0.3, 0.4) is 0 Å². The predicted molar refractivity (Wildman–Crippen MR) is 233 cm³/mol. The molecule has 4 nitrogen and oxygen atoms in total. The molecule has 3 aromatic heterocycles. The Morgan fingerprint density at radius 1 is 0.393 bits per heavy atom. The zero-order chi connectivity index (χ0) is 42.7. The third-order valence-corrected chi connectivity index (χ3v) is 11.3. The molecule has 7 aromatic rings. The van der Waals surface area contributed by atoms with Crippen molar-refractivity contribution >= 4 is 68.5 Å². The zero-order valence-electron chi connectivity index (χ0n) is 31.4. The first-order valence-electron chi connectivity index (χ1n) is 18.8. The number of nitrogens with one attached hydrogen (secondary N) is 2. The van der Waals surface area contributed by atoms with Gasteiger partial charge in [0, 0.05) is 66.9 Å². The third kappa shape index (κ3) is 6.75. The van der Waals surface area contributed by atoms with Crippen LogP contribution in [0.2, 0.25) is 0 Å². The fourth-order valence-electron chi connectivity index (χ4n) is 7.70. The minimum absolute atomic E-state index is 0.0875. The summed E-state index contributed by atoms with van der Waals surface area (Å²) in [4.78, 5) is 16.4. The third-order valence-electron chi connectivity index (χ3n) is 10.6. The monoisotopic (exact) mass is 940 g/mol. The van der Waals surface area contributed by atoms with E-state index in [1.165, 1.54) is 18.2 Å². The molecule has 5 heterocycles. The summed E-state index contributed by atoms with van der Waals surface area (Å²) in [5.41, 5.74) is 2.95. The molecule has 2 aliphatic heterocycles. The van der Waals surface area contributed by atoms with Crippen molar-refractivity contribution in [3.63, 3.8) is 0 Å². The lowest BCUT2D eigenvalue weighted by Gasteiger charge is -2.35. The molecule has 0 saturated carbocycles. The van der Waals surface area contributed by atoms with Gasteiger partial charge in [-0.3, -0.25) is 0 Å². The molecule has 0 spiro atoms. The first-order chi connectivity index (χ1) is 29.2. The van der Waals surface area contributed by atoms with Crippen LogP contribution in [0.15, 0.2) is 146 Å². The first kappa shape index (κ1) is 40.1. The molecule has 61 heavy (non-hydrogen) atoms. The number of allylic oxidation sites excluding steroid dienone is 1.